The molecule has 4 heterocycles. The van der Waals surface area contributed by atoms with E-state index in [1.165, 1.54) is 22.7 Å². The number of aromatic hydroxyl groups is 1. The summed E-state index contributed by atoms with van der Waals surface area (Å²) < 4.78 is 7.29. The monoisotopic (exact) mass is 347 g/mol. The maximum Gasteiger partial charge on any atom is 0.235 e. The van der Waals surface area contributed by atoms with Gasteiger partial charge in [0.15, 0.2) is 11.8 Å². The van der Waals surface area contributed by atoms with Crippen molar-refractivity contribution in [1.82, 2.24) is 14.6 Å². The zero-order chi connectivity index (χ0) is 16.8. The van der Waals surface area contributed by atoms with Gasteiger partial charge in [-0.2, -0.15) is 4.52 Å². The van der Waals surface area contributed by atoms with Gasteiger partial charge in [-0.25, -0.2) is 4.98 Å². The first-order valence-electron chi connectivity index (χ1n) is 8.46. The lowest BCUT2D eigenvalue weighted by Gasteiger charge is -2.35. The lowest BCUT2D eigenvalue weighted by Crippen LogP contribution is -3.14. The zero-order valence-corrected chi connectivity index (χ0v) is 15.0. The van der Waals surface area contributed by atoms with E-state index in [4.69, 9.17) is 4.42 Å². The number of quaternary nitrogens is 1. The van der Waals surface area contributed by atoms with Crippen molar-refractivity contribution >= 4 is 16.3 Å². The summed E-state index contributed by atoms with van der Waals surface area (Å²) in [5.74, 6) is 3.07. The van der Waals surface area contributed by atoms with Gasteiger partial charge >= 0.3 is 0 Å². The molecule has 0 amide bonds. The number of aromatic nitrogens is 3. The van der Waals surface area contributed by atoms with Crippen LogP contribution in [-0.4, -0.2) is 32.8 Å². The van der Waals surface area contributed by atoms with Crippen LogP contribution in [0.15, 0.2) is 22.8 Å². The second-order valence-corrected chi connectivity index (χ2v) is 8.11. The summed E-state index contributed by atoms with van der Waals surface area (Å²) in [6.45, 7) is 8.59. The van der Waals surface area contributed by atoms with E-state index >= 15 is 0 Å². The van der Waals surface area contributed by atoms with E-state index in [-0.39, 0.29) is 11.9 Å². The number of nitrogens with one attached hydrogen (secondary N) is 1. The molecule has 128 valence electrons. The van der Waals surface area contributed by atoms with Crippen LogP contribution in [0, 0.1) is 18.8 Å². The van der Waals surface area contributed by atoms with Crippen molar-refractivity contribution in [1.29, 1.82) is 0 Å². The molecule has 4 rings (SSSR count). The van der Waals surface area contributed by atoms with E-state index in [1.54, 1.807) is 10.8 Å². The Kier molecular flexibility index (Phi) is 3.85. The lowest BCUT2D eigenvalue weighted by atomic mass is 9.90. The predicted octanol–water partition coefficient (Wildman–Crippen LogP) is 2.05. The SMILES string of the molecule is Cc1nc2sc([C@H](c3ccco3)[NH+]3C[C@@H](C)C[C@H](C)C3)c(O)n2n1. The molecule has 3 aromatic heterocycles. The Morgan fingerprint density at radius 1 is 1.38 bits per heavy atom. The van der Waals surface area contributed by atoms with Gasteiger partial charge in [0.1, 0.15) is 10.7 Å². The van der Waals surface area contributed by atoms with Gasteiger partial charge in [-0.05, 0) is 25.5 Å². The number of piperidine rings is 1. The highest BCUT2D eigenvalue weighted by Gasteiger charge is 2.38. The summed E-state index contributed by atoms with van der Waals surface area (Å²) in [7, 11) is 0. The van der Waals surface area contributed by atoms with E-state index in [0.717, 1.165) is 28.7 Å². The number of thiazole rings is 1. The van der Waals surface area contributed by atoms with Gasteiger partial charge in [0.2, 0.25) is 10.8 Å². The molecule has 7 heteroatoms. The maximum atomic E-state index is 10.8. The predicted molar refractivity (Wildman–Crippen MR) is 91.5 cm³/mol. The molecule has 1 fully saturated rings. The van der Waals surface area contributed by atoms with Crippen molar-refractivity contribution in [3.8, 4) is 5.88 Å². The number of hydrogen-bond donors (Lipinski definition) is 2. The summed E-state index contributed by atoms with van der Waals surface area (Å²) in [6, 6.07) is 3.90. The number of fused-ring (bicyclic) bond motifs is 1. The highest BCUT2D eigenvalue weighted by molar-refractivity contribution is 7.17. The fraction of sp³-hybridized carbons (Fsp3) is 0.529. The largest absolute Gasteiger partial charge is 0.492 e. The highest BCUT2D eigenvalue weighted by Crippen LogP contribution is 2.35. The van der Waals surface area contributed by atoms with Crippen molar-refractivity contribution in [2.45, 2.75) is 33.2 Å². The van der Waals surface area contributed by atoms with Crippen molar-refractivity contribution in [3.63, 3.8) is 0 Å². The quantitative estimate of drug-likeness (QED) is 0.761. The second kappa shape index (κ2) is 5.89. The number of aryl methyl sites for hydroxylation is 1. The summed E-state index contributed by atoms with van der Waals surface area (Å²) in [5, 5.41) is 15.0. The van der Waals surface area contributed by atoms with E-state index in [2.05, 4.69) is 23.9 Å². The molecule has 0 aromatic carbocycles. The highest BCUT2D eigenvalue weighted by atomic mass is 32.1. The molecule has 1 saturated heterocycles. The normalized spacial score (nSPS) is 26.0. The average Bonchev–Trinajstić information content (AvgIpc) is 3.20. The fourth-order valence-electron chi connectivity index (χ4n) is 4.08. The van der Waals surface area contributed by atoms with Crippen LogP contribution in [-0.2, 0) is 0 Å². The first-order valence-corrected chi connectivity index (χ1v) is 9.27. The molecule has 1 aliphatic heterocycles. The Morgan fingerprint density at radius 2 is 2.12 bits per heavy atom. The van der Waals surface area contributed by atoms with Gasteiger partial charge in [-0.3, -0.25) is 0 Å². The molecule has 0 spiro atoms. The van der Waals surface area contributed by atoms with Gasteiger partial charge in [0.25, 0.3) is 0 Å². The standard InChI is InChI=1S/C17H22N4O2S/c1-10-7-11(2)9-20(8-10)14(13-5-4-6-23-13)15-16(22)21-17(24-15)18-12(3)19-21/h4-6,10-11,14,22H,7-9H2,1-3H3/p+1/t10-,11-,14-/m0/s1. The van der Waals surface area contributed by atoms with Crippen LogP contribution in [0.5, 0.6) is 5.88 Å². The van der Waals surface area contributed by atoms with Gasteiger partial charge in [-0.1, -0.05) is 25.2 Å². The van der Waals surface area contributed by atoms with E-state index in [1.807, 2.05) is 19.1 Å². The molecule has 3 atom stereocenters. The molecule has 0 aliphatic carbocycles. The van der Waals surface area contributed by atoms with Crippen molar-refractivity contribution in [3.05, 3.63) is 34.9 Å². The van der Waals surface area contributed by atoms with Crippen molar-refractivity contribution in [2.75, 3.05) is 13.1 Å². The maximum absolute atomic E-state index is 10.8. The van der Waals surface area contributed by atoms with Crippen molar-refractivity contribution < 1.29 is 14.4 Å². The number of rotatable bonds is 3. The van der Waals surface area contributed by atoms with Gasteiger partial charge in [-0.15, -0.1) is 5.10 Å². The van der Waals surface area contributed by atoms with Crippen LogP contribution >= 0.6 is 11.3 Å². The summed E-state index contributed by atoms with van der Waals surface area (Å²) in [6.07, 6.45) is 2.96. The molecular weight excluding hydrogens is 324 g/mol. The molecule has 6 nitrogen and oxygen atoms in total. The third-order valence-corrected chi connectivity index (χ3v) is 5.91. The van der Waals surface area contributed by atoms with Gasteiger partial charge in [0.05, 0.1) is 19.4 Å². The average molecular weight is 347 g/mol. The Labute approximate surface area is 144 Å². The third-order valence-electron chi connectivity index (χ3n) is 4.83. The number of hydrogen-bond acceptors (Lipinski definition) is 5. The van der Waals surface area contributed by atoms with Crippen molar-refractivity contribution in [2.24, 2.45) is 11.8 Å². The fourth-order valence-corrected chi connectivity index (χ4v) is 5.24. The van der Waals surface area contributed by atoms with Crippen LogP contribution in [0.25, 0.3) is 4.96 Å². The van der Waals surface area contributed by atoms with Crippen LogP contribution in [0.2, 0.25) is 0 Å². The minimum absolute atomic E-state index is 0.0148. The molecule has 3 aromatic rings. The molecule has 0 unspecified atom stereocenters. The van der Waals surface area contributed by atoms with Gasteiger partial charge < -0.3 is 14.4 Å². The van der Waals surface area contributed by atoms with Crippen LogP contribution in [0.4, 0.5) is 0 Å². The zero-order valence-electron chi connectivity index (χ0n) is 14.2. The molecular formula is C17H23N4O2S+. The van der Waals surface area contributed by atoms with Gasteiger partial charge in [0, 0.05) is 11.8 Å². The molecule has 0 radical (unpaired) electrons. The molecule has 1 aliphatic rings. The Morgan fingerprint density at radius 3 is 2.75 bits per heavy atom. The third kappa shape index (κ3) is 2.61. The smallest absolute Gasteiger partial charge is 0.235 e. The Bertz CT molecular complexity index is 828. The number of furan rings is 1. The minimum Gasteiger partial charge on any atom is -0.492 e. The topological polar surface area (TPSA) is 68.0 Å². The van der Waals surface area contributed by atoms with Crippen LogP contribution in [0.1, 0.15) is 42.8 Å². The van der Waals surface area contributed by atoms with E-state index < -0.39 is 0 Å². The number of nitrogens with zero attached hydrogens (tertiary/aromatic N) is 3. The summed E-state index contributed by atoms with van der Waals surface area (Å²) in [4.78, 5) is 7.46. The minimum atomic E-state index is -0.0148. The summed E-state index contributed by atoms with van der Waals surface area (Å²) >= 11 is 1.51. The van der Waals surface area contributed by atoms with Crippen LogP contribution in [0.3, 0.4) is 0 Å². The Balaban J connectivity index is 1.80. The van der Waals surface area contributed by atoms with E-state index in [0.29, 0.717) is 17.7 Å². The Hall–Kier alpha value is -1.86. The molecule has 0 bridgehead atoms. The molecule has 24 heavy (non-hydrogen) atoms. The number of likely N-dealkylation sites (tertiary alicyclic amines) is 1. The lowest BCUT2D eigenvalue weighted by molar-refractivity contribution is -0.937. The van der Waals surface area contributed by atoms with Crippen LogP contribution < -0.4 is 4.90 Å². The first-order chi connectivity index (χ1) is 11.5. The molecule has 2 N–H and O–H groups in total. The first kappa shape index (κ1) is 15.7. The second-order valence-electron chi connectivity index (χ2n) is 7.10. The molecule has 0 saturated carbocycles. The van der Waals surface area contributed by atoms with E-state index in [9.17, 15) is 5.11 Å². The summed E-state index contributed by atoms with van der Waals surface area (Å²) in [5.41, 5.74) is 0.